The number of rotatable bonds is 7. The fourth-order valence-corrected chi connectivity index (χ4v) is 3.32. The Morgan fingerprint density at radius 2 is 1.68 bits per heavy atom. The summed E-state index contributed by atoms with van der Waals surface area (Å²) in [7, 11) is 0. The molecule has 1 fully saturated rings. The molecule has 1 amide bonds. The largest absolute Gasteiger partial charge is 0.351 e. The number of nitrogens with zero attached hydrogens (tertiary/aromatic N) is 3. The van der Waals surface area contributed by atoms with Gasteiger partial charge in [0.1, 0.15) is 0 Å². The lowest BCUT2D eigenvalue weighted by atomic mass is 10.1. The van der Waals surface area contributed by atoms with Gasteiger partial charge in [0.15, 0.2) is 0 Å². The number of carbonyl (C=O) groups is 1. The number of nitrogens with one attached hydrogen (secondary N) is 1. The second-order valence-electron chi connectivity index (χ2n) is 6.93. The minimum Gasteiger partial charge on any atom is -0.351 e. The molecule has 3 rings (SSSR count). The van der Waals surface area contributed by atoms with E-state index in [1.165, 1.54) is 11.6 Å². The molecule has 2 aromatic carbocycles. The van der Waals surface area contributed by atoms with Crippen LogP contribution in [0.5, 0.6) is 0 Å². The minimum atomic E-state index is -0.129. The molecule has 1 heterocycles. The first-order chi connectivity index (χ1) is 13.7. The van der Waals surface area contributed by atoms with Gasteiger partial charge in [-0.25, -0.2) is 0 Å². The second kappa shape index (κ2) is 10.4. The molecule has 0 atom stereocenters. The molecule has 1 aliphatic heterocycles. The van der Waals surface area contributed by atoms with Gasteiger partial charge in [-0.15, -0.1) is 0 Å². The van der Waals surface area contributed by atoms with Gasteiger partial charge in [0, 0.05) is 51.9 Å². The van der Waals surface area contributed by atoms with E-state index in [0.717, 1.165) is 44.8 Å². The van der Waals surface area contributed by atoms with Crippen LogP contribution in [0.2, 0.25) is 0 Å². The van der Waals surface area contributed by atoms with E-state index in [9.17, 15) is 4.79 Å². The molecule has 0 spiro atoms. The van der Waals surface area contributed by atoms with Crippen molar-refractivity contribution in [2.45, 2.75) is 6.54 Å². The number of carbonyl (C=O) groups excluding carboxylic acids is 1. The van der Waals surface area contributed by atoms with Crippen molar-refractivity contribution in [3.8, 4) is 6.07 Å². The third-order valence-corrected chi connectivity index (χ3v) is 4.94. The number of amides is 1. The number of benzene rings is 2. The van der Waals surface area contributed by atoms with Gasteiger partial charge in [-0.2, -0.15) is 5.26 Å². The Bertz CT molecular complexity index is 833. The van der Waals surface area contributed by atoms with Crippen molar-refractivity contribution in [1.29, 1.82) is 5.26 Å². The predicted molar refractivity (Wildman–Crippen MR) is 111 cm³/mol. The lowest BCUT2D eigenvalue weighted by Crippen LogP contribution is -2.47. The first-order valence-corrected chi connectivity index (χ1v) is 9.68. The van der Waals surface area contributed by atoms with Crippen LogP contribution >= 0.6 is 0 Å². The summed E-state index contributed by atoms with van der Waals surface area (Å²) >= 11 is 0. The molecule has 1 aliphatic rings. The highest BCUT2D eigenvalue weighted by Gasteiger charge is 2.16. The topological polar surface area (TPSA) is 59.4 Å². The van der Waals surface area contributed by atoms with E-state index in [1.807, 2.05) is 24.3 Å². The molecule has 0 unspecified atom stereocenters. The summed E-state index contributed by atoms with van der Waals surface area (Å²) in [6.45, 7) is 6.62. The van der Waals surface area contributed by atoms with Crippen LogP contribution in [0, 0.1) is 11.3 Å². The van der Waals surface area contributed by atoms with Crippen LogP contribution in [0.4, 0.5) is 0 Å². The number of hydrogen-bond donors (Lipinski definition) is 1. The van der Waals surface area contributed by atoms with Crippen LogP contribution in [0.1, 0.15) is 16.7 Å². The molecule has 0 bridgehead atoms. The Balaban J connectivity index is 1.35. The molecule has 5 nitrogen and oxygen atoms in total. The molecule has 0 radical (unpaired) electrons. The lowest BCUT2D eigenvalue weighted by molar-refractivity contribution is -0.116. The van der Waals surface area contributed by atoms with Gasteiger partial charge in [-0.05, 0) is 23.3 Å². The Kier molecular flexibility index (Phi) is 7.36. The zero-order valence-electron chi connectivity index (χ0n) is 16.1. The number of hydrogen-bond acceptors (Lipinski definition) is 4. The molecular weight excluding hydrogens is 348 g/mol. The Morgan fingerprint density at radius 1 is 1.00 bits per heavy atom. The Labute approximate surface area is 166 Å². The maximum Gasteiger partial charge on any atom is 0.244 e. The molecular formula is C23H26N4O. The Morgan fingerprint density at radius 3 is 2.43 bits per heavy atom. The van der Waals surface area contributed by atoms with Crippen LogP contribution in [0.3, 0.4) is 0 Å². The van der Waals surface area contributed by atoms with Crippen LogP contribution in [0.25, 0.3) is 6.08 Å². The molecule has 0 saturated carbocycles. The monoisotopic (exact) mass is 374 g/mol. The van der Waals surface area contributed by atoms with Crippen molar-refractivity contribution in [2.24, 2.45) is 0 Å². The average molecular weight is 374 g/mol. The van der Waals surface area contributed by atoms with Crippen molar-refractivity contribution in [3.05, 3.63) is 77.4 Å². The fourth-order valence-electron chi connectivity index (χ4n) is 3.32. The summed E-state index contributed by atoms with van der Waals surface area (Å²) < 4.78 is 0. The Hall–Kier alpha value is -2.94. The van der Waals surface area contributed by atoms with Gasteiger partial charge in [-0.3, -0.25) is 14.6 Å². The highest BCUT2D eigenvalue weighted by molar-refractivity contribution is 5.92. The SMILES string of the molecule is N#Cc1ccccc1/C=C/C(=O)NCCN1CCN(Cc2ccccc2)CC1. The van der Waals surface area contributed by atoms with E-state index in [0.29, 0.717) is 12.1 Å². The van der Waals surface area contributed by atoms with Crippen molar-refractivity contribution in [3.63, 3.8) is 0 Å². The lowest BCUT2D eigenvalue weighted by Gasteiger charge is -2.34. The summed E-state index contributed by atoms with van der Waals surface area (Å²) in [5.74, 6) is -0.129. The van der Waals surface area contributed by atoms with Crippen LogP contribution in [0.15, 0.2) is 60.7 Å². The number of piperazine rings is 1. The van der Waals surface area contributed by atoms with Crippen LogP contribution < -0.4 is 5.32 Å². The standard InChI is InChI=1S/C23H26N4O/c24-18-22-9-5-4-8-21(22)10-11-23(28)25-12-13-26-14-16-27(17-15-26)19-20-6-2-1-3-7-20/h1-11H,12-17,19H2,(H,25,28)/b11-10+. The van der Waals surface area contributed by atoms with Gasteiger partial charge in [0.25, 0.3) is 0 Å². The molecule has 144 valence electrons. The molecule has 28 heavy (non-hydrogen) atoms. The third kappa shape index (κ3) is 6.05. The molecule has 1 saturated heterocycles. The van der Waals surface area contributed by atoms with Crippen LogP contribution in [-0.4, -0.2) is 55.0 Å². The average Bonchev–Trinajstić information content (AvgIpc) is 2.74. The highest BCUT2D eigenvalue weighted by Crippen LogP contribution is 2.09. The van der Waals surface area contributed by atoms with E-state index in [1.54, 1.807) is 12.1 Å². The van der Waals surface area contributed by atoms with Gasteiger partial charge < -0.3 is 5.32 Å². The zero-order chi connectivity index (χ0) is 19.6. The van der Waals surface area contributed by atoms with Crippen LogP contribution in [-0.2, 0) is 11.3 Å². The quantitative estimate of drug-likeness (QED) is 0.757. The summed E-state index contributed by atoms with van der Waals surface area (Å²) in [5, 5.41) is 12.0. The molecule has 1 N–H and O–H groups in total. The van der Waals surface area contributed by atoms with Crippen molar-refractivity contribution in [1.82, 2.24) is 15.1 Å². The minimum absolute atomic E-state index is 0.129. The number of nitriles is 1. The zero-order valence-corrected chi connectivity index (χ0v) is 16.1. The molecule has 0 aromatic heterocycles. The molecule has 5 heteroatoms. The van der Waals surface area contributed by atoms with Gasteiger partial charge in [-0.1, -0.05) is 48.5 Å². The second-order valence-corrected chi connectivity index (χ2v) is 6.93. The van der Waals surface area contributed by atoms with E-state index in [-0.39, 0.29) is 5.91 Å². The third-order valence-electron chi connectivity index (χ3n) is 4.94. The maximum atomic E-state index is 12.0. The van der Waals surface area contributed by atoms with E-state index in [4.69, 9.17) is 5.26 Å². The van der Waals surface area contributed by atoms with Crippen molar-refractivity contribution < 1.29 is 4.79 Å². The van der Waals surface area contributed by atoms with Gasteiger partial charge >= 0.3 is 0 Å². The van der Waals surface area contributed by atoms with Gasteiger partial charge in [0.2, 0.25) is 5.91 Å². The predicted octanol–water partition coefficient (Wildman–Crippen LogP) is 2.51. The summed E-state index contributed by atoms with van der Waals surface area (Å²) in [5.41, 5.74) is 2.68. The van der Waals surface area contributed by atoms with E-state index < -0.39 is 0 Å². The van der Waals surface area contributed by atoms with E-state index in [2.05, 4.69) is 45.5 Å². The summed E-state index contributed by atoms with van der Waals surface area (Å²) in [6, 6.07) is 19.9. The van der Waals surface area contributed by atoms with Crippen molar-refractivity contribution in [2.75, 3.05) is 39.3 Å². The smallest absolute Gasteiger partial charge is 0.244 e. The summed E-state index contributed by atoms with van der Waals surface area (Å²) in [4.78, 5) is 16.9. The molecule has 0 aliphatic carbocycles. The maximum absolute atomic E-state index is 12.0. The first-order valence-electron chi connectivity index (χ1n) is 9.68. The van der Waals surface area contributed by atoms with E-state index >= 15 is 0 Å². The highest BCUT2D eigenvalue weighted by atomic mass is 16.1. The fraction of sp³-hybridized carbons (Fsp3) is 0.304. The summed E-state index contributed by atoms with van der Waals surface area (Å²) in [6.07, 6.45) is 3.18. The van der Waals surface area contributed by atoms with Crippen molar-refractivity contribution >= 4 is 12.0 Å². The first kappa shape index (κ1) is 19.8. The molecule has 2 aromatic rings. The normalized spacial score (nSPS) is 15.4. The van der Waals surface area contributed by atoms with Gasteiger partial charge in [0.05, 0.1) is 11.6 Å².